The highest BCUT2D eigenvalue weighted by atomic mass is 32.1. The van der Waals surface area contributed by atoms with Crippen molar-refractivity contribution in [3.05, 3.63) is 76.2 Å². The fourth-order valence-electron chi connectivity index (χ4n) is 3.08. The molecule has 0 aliphatic carbocycles. The van der Waals surface area contributed by atoms with Gasteiger partial charge in [-0.05, 0) is 31.2 Å². The monoisotopic (exact) mass is 411 g/mol. The van der Waals surface area contributed by atoms with Crippen molar-refractivity contribution in [2.24, 2.45) is 0 Å². The maximum absolute atomic E-state index is 14.3. The molecule has 4 rings (SSSR count). The lowest BCUT2D eigenvalue weighted by Gasteiger charge is -2.05. The lowest BCUT2D eigenvalue weighted by atomic mass is 10.1. The third-order valence-corrected chi connectivity index (χ3v) is 5.67. The number of fused-ring (bicyclic) bond motifs is 1. The Kier molecular flexibility index (Phi) is 5.42. The van der Waals surface area contributed by atoms with Crippen LogP contribution in [-0.2, 0) is 22.7 Å². The molecule has 0 radical (unpaired) electrons. The predicted molar refractivity (Wildman–Crippen MR) is 108 cm³/mol. The second kappa shape index (κ2) is 8.14. The van der Waals surface area contributed by atoms with Crippen LogP contribution in [0, 0.1) is 12.7 Å². The number of benzene rings is 2. The molecule has 0 fully saturated rings. The van der Waals surface area contributed by atoms with Crippen LogP contribution in [0.15, 0.2) is 52.9 Å². The zero-order valence-electron chi connectivity index (χ0n) is 15.9. The minimum atomic E-state index is -0.540. The summed E-state index contributed by atoms with van der Waals surface area (Å²) in [4.78, 5) is 17.5. The van der Waals surface area contributed by atoms with Gasteiger partial charge in [0.25, 0.3) is 0 Å². The van der Waals surface area contributed by atoms with Crippen molar-refractivity contribution in [3.63, 3.8) is 0 Å². The van der Waals surface area contributed by atoms with Gasteiger partial charge in [-0.25, -0.2) is 14.2 Å². The van der Waals surface area contributed by atoms with Crippen LogP contribution in [0.3, 0.4) is 0 Å². The summed E-state index contributed by atoms with van der Waals surface area (Å²) in [5, 5.41) is 0.398. The zero-order chi connectivity index (χ0) is 20.4. The van der Waals surface area contributed by atoms with E-state index in [1.54, 1.807) is 19.1 Å². The number of aromatic nitrogens is 1. The van der Waals surface area contributed by atoms with E-state index in [1.165, 1.54) is 24.5 Å². The second-order valence-corrected chi connectivity index (χ2v) is 7.47. The Morgan fingerprint density at radius 1 is 1.14 bits per heavy atom. The minimum absolute atomic E-state index is 0.0375. The molecule has 0 aliphatic heterocycles. The molecule has 2 aromatic carbocycles. The molecule has 4 aromatic rings. The van der Waals surface area contributed by atoms with Crippen molar-refractivity contribution in [1.29, 1.82) is 0 Å². The summed E-state index contributed by atoms with van der Waals surface area (Å²) in [6, 6.07) is 14.2. The molecule has 148 valence electrons. The highest BCUT2D eigenvalue weighted by Crippen LogP contribution is 2.34. The number of aryl methyl sites for hydroxylation is 1. The maximum Gasteiger partial charge on any atom is 0.349 e. The van der Waals surface area contributed by atoms with Gasteiger partial charge in [-0.3, -0.25) is 0 Å². The number of carbonyl (C=O) groups excluding carboxylic acids is 1. The molecule has 0 N–H and O–H groups in total. The zero-order valence-corrected chi connectivity index (χ0v) is 16.7. The van der Waals surface area contributed by atoms with Gasteiger partial charge in [0.15, 0.2) is 0 Å². The first-order valence-electron chi connectivity index (χ1n) is 8.96. The Labute approximate surface area is 170 Å². The van der Waals surface area contributed by atoms with Gasteiger partial charge in [0.1, 0.15) is 28.8 Å². The smallest absolute Gasteiger partial charge is 0.349 e. The van der Waals surface area contributed by atoms with Crippen LogP contribution >= 0.6 is 11.3 Å². The number of ether oxygens (including phenoxy) is 2. The second-order valence-electron chi connectivity index (χ2n) is 6.42. The number of nitrogens with zero attached hydrogens (tertiary/aromatic N) is 1. The van der Waals surface area contributed by atoms with Crippen molar-refractivity contribution < 1.29 is 23.1 Å². The number of thiophene rings is 1. The number of carbonyl (C=O) groups is 1. The fraction of sp³-hybridized carbons (Fsp3) is 0.182. The van der Waals surface area contributed by atoms with Gasteiger partial charge in [-0.15, -0.1) is 11.3 Å². The van der Waals surface area contributed by atoms with Crippen molar-refractivity contribution in [2.75, 3.05) is 7.11 Å². The number of methoxy groups -OCH3 is 1. The first-order valence-corrected chi connectivity index (χ1v) is 9.77. The topological polar surface area (TPSA) is 61.6 Å². The number of halogens is 1. The Balaban J connectivity index is 1.57. The molecule has 0 atom stereocenters. The van der Waals surface area contributed by atoms with Gasteiger partial charge in [0.05, 0.1) is 6.61 Å². The maximum atomic E-state index is 14.3. The van der Waals surface area contributed by atoms with Crippen molar-refractivity contribution in [1.82, 2.24) is 4.98 Å². The highest BCUT2D eigenvalue weighted by molar-refractivity contribution is 7.21. The van der Waals surface area contributed by atoms with Crippen LogP contribution in [0.2, 0.25) is 0 Å². The molecular formula is C22H18FNO4S. The number of esters is 1. The lowest BCUT2D eigenvalue weighted by molar-refractivity contribution is 0.0468. The summed E-state index contributed by atoms with van der Waals surface area (Å²) in [6.07, 6.45) is 0. The third kappa shape index (κ3) is 3.79. The summed E-state index contributed by atoms with van der Waals surface area (Å²) >= 11 is 1.19. The van der Waals surface area contributed by atoms with Crippen molar-refractivity contribution in [2.45, 2.75) is 20.1 Å². The molecule has 2 heterocycles. The van der Waals surface area contributed by atoms with E-state index in [-0.39, 0.29) is 19.0 Å². The van der Waals surface area contributed by atoms with E-state index >= 15 is 0 Å². The first kappa shape index (κ1) is 19.3. The Morgan fingerprint density at radius 2 is 1.93 bits per heavy atom. The van der Waals surface area contributed by atoms with E-state index in [4.69, 9.17) is 13.9 Å². The van der Waals surface area contributed by atoms with Crippen LogP contribution in [0.4, 0.5) is 4.39 Å². The van der Waals surface area contributed by atoms with Gasteiger partial charge >= 0.3 is 5.97 Å². The molecular weight excluding hydrogens is 393 g/mol. The highest BCUT2D eigenvalue weighted by Gasteiger charge is 2.22. The average Bonchev–Trinajstić information content (AvgIpc) is 3.29. The fourth-order valence-corrected chi connectivity index (χ4v) is 4.20. The quantitative estimate of drug-likeness (QED) is 0.392. The largest absolute Gasteiger partial charge is 0.455 e. The van der Waals surface area contributed by atoms with Gasteiger partial charge in [-0.2, -0.15) is 0 Å². The van der Waals surface area contributed by atoms with Gasteiger partial charge in [0, 0.05) is 28.3 Å². The third-order valence-electron chi connectivity index (χ3n) is 4.49. The molecule has 0 spiro atoms. The normalized spacial score (nSPS) is 11.1. The first-order chi connectivity index (χ1) is 14.1. The SMILES string of the molecule is COCc1c(C(=O)OCc2nc(-c3ccccc3)oc2C)sc2cccc(F)c12. The lowest BCUT2D eigenvalue weighted by Crippen LogP contribution is -2.07. The molecule has 2 aromatic heterocycles. The summed E-state index contributed by atoms with van der Waals surface area (Å²) in [7, 11) is 1.50. The van der Waals surface area contributed by atoms with E-state index in [1.807, 2.05) is 30.3 Å². The van der Waals surface area contributed by atoms with Crippen molar-refractivity contribution >= 4 is 27.4 Å². The van der Waals surface area contributed by atoms with Crippen LogP contribution < -0.4 is 0 Å². The molecule has 0 aliphatic rings. The van der Waals surface area contributed by atoms with Crippen LogP contribution in [-0.4, -0.2) is 18.1 Å². The van der Waals surface area contributed by atoms with Gasteiger partial charge in [-0.1, -0.05) is 24.3 Å². The summed E-state index contributed by atoms with van der Waals surface area (Å²) < 4.78 is 31.3. The summed E-state index contributed by atoms with van der Waals surface area (Å²) in [5.74, 6) is 0.125. The van der Waals surface area contributed by atoms with Crippen molar-refractivity contribution in [3.8, 4) is 11.5 Å². The van der Waals surface area contributed by atoms with Crippen LogP contribution in [0.25, 0.3) is 21.5 Å². The van der Waals surface area contributed by atoms with Gasteiger partial charge < -0.3 is 13.9 Å². The predicted octanol–water partition coefficient (Wildman–Crippen LogP) is 5.51. The Bertz CT molecular complexity index is 1170. The molecule has 0 saturated carbocycles. The molecule has 0 unspecified atom stereocenters. The molecule has 7 heteroatoms. The van der Waals surface area contributed by atoms with E-state index in [0.717, 1.165) is 5.56 Å². The Hall–Kier alpha value is -3.03. The number of hydrogen-bond acceptors (Lipinski definition) is 6. The molecule has 0 saturated heterocycles. The minimum Gasteiger partial charge on any atom is -0.455 e. The molecule has 0 amide bonds. The van der Waals surface area contributed by atoms with Crippen LogP contribution in [0.1, 0.15) is 26.7 Å². The number of oxazole rings is 1. The van der Waals surface area contributed by atoms with E-state index in [2.05, 4.69) is 4.98 Å². The van der Waals surface area contributed by atoms with E-state index < -0.39 is 5.97 Å². The Morgan fingerprint density at radius 3 is 2.69 bits per heavy atom. The molecule has 0 bridgehead atoms. The molecule has 29 heavy (non-hydrogen) atoms. The molecule has 5 nitrogen and oxygen atoms in total. The number of rotatable bonds is 6. The summed E-state index contributed by atoms with van der Waals surface area (Å²) in [5.41, 5.74) is 1.88. The van der Waals surface area contributed by atoms with Crippen LogP contribution in [0.5, 0.6) is 0 Å². The summed E-state index contributed by atoms with van der Waals surface area (Å²) in [6.45, 7) is 1.85. The number of hydrogen-bond donors (Lipinski definition) is 0. The van der Waals surface area contributed by atoms with Gasteiger partial charge in [0.2, 0.25) is 5.89 Å². The standard InChI is InChI=1S/C22H18FNO4S/c1-13-17(24-21(28-13)14-7-4-3-5-8-14)12-27-22(25)20-15(11-26-2)19-16(23)9-6-10-18(19)29-20/h3-10H,11-12H2,1-2H3. The van der Waals surface area contributed by atoms with E-state index in [0.29, 0.717) is 37.9 Å². The van der Waals surface area contributed by atoms with E-state index in [9.17, 15) is 9.18 Å². The average molecular weight is 411 g/mol.